The van der Waals surface area contributed by atoms with Crippen LogP contribution in [0.15, 0.2) is 60.7 Å². The lowest BCUT2D eigenvalue weighted by Crippen LogP contribution is -2.54. The van der Waals surface area contributed by atoms with Gasteiger partial charge in [-0.3, -0.25) is 14.4 Å². The lowest BCUT2D eigenvalue weighted by Gasteiger charge is -2.41. The van der Waals surface area contributed by atoms with Gasteiger partial charge in [-0.05, 0) is 31.9 Å². The highest BCUT2D eigenvalue weighted by atomic mass is 16.6. The zero-order chi connectivity index (χ0) is 21.9. The SMILES string of the molecule is COC(=O)[C@@H]1C(=O)N[C@@H](c2ccccc2)[C@@H](C(=O)OC(C)(C)C)[C@H]1c1ccccc1. The lowest BCUT2D eigenvalue weighted by molar-refractivity contribution is -0.167. The summed E-state index contributed by atoms with van der Waals surface area (Å²) in [7, 11) is 1.24. The van der Waals surface area contributed by atoms with Crippen LogP contribution >= 0.6 is 0 Å². The first-order valence-electron chi connectivity index (χ1n) is 9.94. The van der Waals surface area contributed by atoms with Crippen molar-refractivity contribution >= 4 is 17.8 Å². The fourth-order valence-electron chi connectivity index (χ4n) is 3.97. The summed E-state index contributed by atoms with van der Waals surface area (Å²) in [6.07, 6.45) is 0. The first-order chi connectivity index (χ1) is 14.2. The third-order valence-electron chi connectivity index (χ3n) is 5.16. The van der Waals surface area contributed by atoms with Crippen LogP contribution in [0.3, 0.4) is 0 Å². The minimum absolute atomic E-state index is 0.468. The Morgan fingerprint density at radius 2 is 1.40 bits per heavy atom. The number of carbonyl (C=O) groups excluding carboxylic acids is 3. The van der Waals surface area contributed by atoms with E-state index in [1.807, 2.05) is 60.7 Å². The standard InChI is InChI=1S/C24H27NO5/c1-24(2,3)30-23(28)18-17(15-11-7-5-8-12-15)19(22(27)29-4)21(26)25-20(18)16-13-9-6-10-14-16/h5-14,17-20H,1-4H3,(H,25,26)/t17-,18+,19+,20+/m1/s1. The Kier molecular flexibility index (Phi) is 6.25. The van der Waals surface area contributed by atoms with Crippen molar-refractivity contribution in [3.63, 3.8) is 0 Å². The van der Waals surface area contributed by atoms with Gasteiger partial charge < -0.3 is 14.8 Å². The second-order valence-electron chi connectivity index (χ2n) is 8.39. The van der Waals surface area contributed by atoms with Gasteiger partial charge in [0.15, 0.2) is 0 Å². The second kappa shape index (κ2) is 8.69. The average Bonchev–Trinajstić information content (AvgIpc) is 2.72. The van der Waals surface area contributed by atoms with Gasteiger partial charge in [-0.2, -0.15) is 0 Å². The molecule has 1 amide bonds. The molecule has 1 aliphatic heterocycles. The summed E-state index contributed by atoms with van der Waals surface area (Å²) in [6.45, 7) is 5.37. The zero-order valence-electron chi connectivity index (χ0n) is 17.6. The summed E-state index contributed by atoms with van der Waals surface area (Å²) in [6, 6.07) is 17.7. The highest BCUT2D eigenvalue weighted by Gasteiger charge is 2.53. The van der Waals surface area contributed by atoms with E-state index in [0.717, 1.165) is 5.56 Å². The Hall–Kier alpha value is -3.15. The molecule has 0 spiro atoms. The molecule has 1 heterocycles. The van der Waals surface area contributed by atoms with E-state index in [1.54, 1.807) is 20.8 Å². The van der Waals surface area contributed by atoms with Gasteiger partial charge in [0.25, 0.3) is 0 Å². The van der Waals surface area contributed by atoms with E-state index < -0.39 is 47.2 Å². The quantitative estimate of drug-likeness (QED) is 0.618. The molecule has 1 aliphatic rings. The monoisotopic (exact) mass is 409 g/mol. The number of hydrogen-bond acceptors (Lipinski definition) is 5. The van der Waals surface area contributed by atoms with Gasteiger partial charge in [0, 0.05) is 5.92 Å². The second-order valence-corrected chi connectivity index (χ2v) is 8.39. The maximum Gasteiger partial charge on any atom is 0.318 e. The fourth-order valence-corrected chi connectivity index (χ4v) is 3.97. The Morgan fingerprint density at radius 1 is 0.867 bits per heavy atom. The van der Waals surface area contributed by atoms with E-state index in [4.69, 9.17) is 9.47 Å². The number of rotatable bonds is 4. The number of benzene rings is 2. The van der Waals surface area contributed by atoms with Gasteiger partial charge >= 0.3 is 11.9 Å². The van der Waals surface area contributed by atoms with Crippen molar-refractivity contribution in [2.45, 2.75) is 38.3 Å². The third kappa shape index (κ3) is 4.53. The Labute approximate surface area is 176 Å². The smallest absolute Gasteiger partial charge is 0.318 e. The molecule has 0 saturated carbocycles. The minimum Gasteiger partial charge on any atom is -0.468 e. The molecular weight excluding hydrogens is 382 g/mol. The number of amides is 1. The molecule has 0 radical (unpaired) electrons. The van der Waals surface area contributed by atoms with Crippen LogP contribution in [0.4, 0.5) is 0 Å². The maximum atomic E-state index is 13.4. The van der Waals surface area contributed by atoms with Crippen LogP contribution in [-0.4, -0.2) is 30.6 Å². The van der Waals surface area contributed by atoms with E-state index in [1.165, 1.54) is 7.11 Å². The van der Waals surface area contributed by atoms with Crippen LogP contribution in [0.2, 0.25) is 0 Å². The van der Waals surface area contributed by atoms with Crippen LogP contribution in [0.5, 0.6) is 0 Å². The summed E-state index contributed by atoms with van der Waals surface area (Å²) < 4.78 is 10.7. The van der Waals surface area contributed by atoms with Gasteiger partial charge in [-0.25, -0.2) is 0 Å². The maximum absolute atomic E-state index is 13.4. The van der Waals surface area contributed by atoms with E-state index in [2.05, 4.69) is 5.32 Å². The van der Waals surface area contributed by atoms with Crippen LogP contribution in [0.25, 0.3) is 0 Å². The molecule has 0 aromatic heterocycles. The molecule has 6 nitrogen and oxygen atoms in total. The van der Waals surface area contributed by atoms with Crippen LogP contribution in [-0.2, 0) is 23.9 Å². The first kappa shape index (κ1) is 21.6. The molecule has 2 aromatic rings. The highest BCUT2D eigenvalue weighted by molar-refractivity contribution is 6.01. The number of ether oxygens (including phenoxy) is 2. The summed E-state index contributed by atoms with van der Waals surface area (Å²) in [5, 5.41) is 2.87. The van der Waals surface area contributed by atoms with Crippen LogP contribution in [0.1, 0.15) is 43.9 Å². The largest absolute Gasteiger partial charge is 0.468 e. The average molecular weight is 409 g/mol. The van der Waals surface area contributed by atoms with Crippen molar-refractivity contribution in [3.05, 3.63) is 71.8 Å². The molecule has 3 rings (SSSR count). The van der Waals surface area contributed by atoms with Crippen molar-refractivity contribution < 1.29 is 23.9 Å². The number of carbonyl (C=O) groups is 3. The minimum atomic E-state index is -1.16. The number of esters is 2. The van der Waals surface area contributed by atoms with Gasteiger partial charge in [0.1, 0.15) is 11.5 Å². The van der Waals surface area contributed by atoms with E-state index in [9.17, 15) is 14.4 Å². The Bertz CT molecular complexity index is 904. The normalized spacial score (nSPS) is 23.9. The van der Waals surface area contributed by atoms with Gasteiger partial charge in [0.05, 0.1) is 19.1 Å². The predicted octanol–water partition coefficient (Wildman–Crippen LogP) is 3.39. The molecule has 0 bridgehead atoms. The summed E-state index contributed by atoms with van der Waals surface area (Å²) in [5.74, 6) is -4.32. The van der Waals surface area contributed by atoms with Crippen molar-refractivity contribution in [1.29, 1.82) is 0 Å². The van der Waals surface area contributed by atoms with Crippen molar-refractivity contribution in [2.24, 2.45) is 11.8 Å². The molecule has 1 saturated heterocycles. The lowest BCUT2D eigenvalue weighted by atomic mass is 9.69. The molecular formula is C24H27NO5. The molecule has 1 N–H and O–H groups in total. The number of hydrogen-bond donors (Lipinski definition) is 1. The molecule has 1 fully saturated rings. The third-order valence-corrected chi connectivity index (χ3v) is 5.16. The Morgan fingerprint density at radius 3 is 1.90 bits per heavy atom. The van der Waals surface area contributed by atoms with Crippen LogP contribution in [0, 0.1) is 11.8 Å². The van der Waals surface area contributed by atoms with E-state index in [-0.39, 0.29) is 0 Å². The number of methoxy groups -OCH3 is 1. The molecule has 30 heavy (non-hydrogen) atoms. The number of nitrogens with one attached hydrogen (secondary N) is 1. The topological polar surface area (TPSA) is 81.7 Å². The van der Waals surface area contributed by atoms with Gasteiger partial charge in [-0.15, -0.1) is 0 Å². The summed E-state index contributed by atoms with van der Waals surface area (Å²) in [5.41, 5.74) is 0.757. The summed E-state index contributed by atoms with van der Waals surface area (Å²) in [4.78, 5) is 39.1. The van der Waals surface area contributed by atoms with Gasteiger partial charge in [-0.1, -0.05) is 60.7 Å². The molecule has 2 aromatic carbocycles. The Balaban J connectivity index is 2.17. The number of piperidine rings is 1. The fraction of sp³-hybridized carbons (Fsp3) is 0.375. The molecule has 6 heteroatoms. The van der Waals surface area contributed by atoms with E-state index in [0.29, 0.717) is 5.56 Å². The van der Waals surface area contributed by atoms with Gasteiger partial charge in [0.2, 0.25) is 5.91 Å². The highest BCUT2D eigenvalue weighted by Crippen LogP contribution is 2.45. The molecule has 0 aliphatic carbocycles. The molecule has 158 valence electrons. The van der Waals surface area contributed by atoms with Crippen molar-refractivity contribution in [2.75, 3.05) is 7.11 Å². The van der Waals surface area contributed by atoms with Crippen LogP contribution < -0.4 is 5.32 Å². The molecule has 4 atom stereocenters. The zero-order valence-corrected chi connectivity index (χ0v) is 17.6. The van der Waals surface area contributed by atoms with Crippen molar-refractivity contribution in [1.82, 2.24) is 5.32 Å². The first-order valence-corrected chi connectivity index (χ1v) is 9.94. The summed E-state index contributed by atoms with van der Waals surface area (Å²) >= 11 is 0. The van der Waals surface area contributed by atoms with E-state index >= 15 is 0 Å². The van der Waals surface area contributed by atoms with Crippen molar-refractivity contribution in [3.8, 4) is 0 Å². The predicted molar refractivity (Wildman–Crippen MR) is 111 cm³/mol. The molecule has 0 unspecified atom stereocenters.